The van der Waals surface area contributed by atoms with E-state index in [2.05, 4.69) is 283 Å². The molecule has 15 rings (SSSR count). The first-order valence-electron chi connectivity index (χ1n) is 27.1. The molecule has 0 unspecified atom stereocenters. The van der Waals surface area contributed by atoms with E-state index in [4.69, 9.17) is 0 Å². The predicted molar refractivity (Wildman–Crippen MR) is 323 cm³/mol. The summed E-state index contributed by atoms with van der Waals surface area (Å²) in [5.74, 6) is 0. The zero-order valence-electron chi connectivity index (χ0n) is 44.0. The fourth-order valence-corrected chi connectivity index (χ4v) is 14.1. The minimum Gasteiger partial charge on any atom is -0.310 e. The van der Waals surface area contributed by atoms with Crippen LogP contribution in [-0.2, 0) is 16.2 Å². The maximum atomic E-state index is 2.53. The Morgan fingerprint density at radius 3 is 1.08 bits per heavy atom. The maximum absolute atomic E-state index is 2.53. The van der Waals surface area contributed by atoms with Crippen molar-refractivity contribution < 1.29 is 0 Å². The summed E-state index contributed by atoms with van der Waals surface area (Å²) in [6.45, 7) is 14.4. The van der Waals surface area contributed by atoms with Crippen LogP contribution < -0.4 is 4.90 Å². The highest BCUT2D eigenvalue weighted by Gasteiger charge is 2.40. The van der Waals surface area contributed by atoms with E-state index in [1.165, 1.54) is 150 Å². The normalized spacial score (nSPS) is 14.8. The van der Waals surface area contributed by atoms with Gasteiger partial charge in [-0.3, -0.25) is 0 Å². The van der Waals surface area contributed by atoms with Gasteiger partial charge in [-0.2, -0.15) is 0 Å². The van der Waals surface area contributed by atoms with E-state index in [1.807, 2.05) is 0 Å². The SMILES string of the molecule is CC1(C)c2ccccc2-c2ccc(N(c3ccc4c(c3)C(C)(C)c3ccccc3-4)c3ccc4c(c3)C(C)(C)c3cc(-c5cc6c7ccccc7c(-c7ccccc7-c7ccccc7)cc6c6ccccc56)ccc3-4)cc21. The molecular formula is C75H57N. The van der Waals surface area contributed by atoms with E-state index in [0.717, 1.165) is 0 Å². The molecule has 76 heavy (non-hydrogen) atoms. The highest BCUT2D eigenvalue weighted by Crippen LogP contribution is 2.56. The molecule has 0 bridgehead atoms. The Balaban J connectivity index is 0.869. The minimum absolute atomic E-state index is 0.129. The van der Waals surface area contributed by atoms with Crippen molar-refractivity contribution in [2.24, 2.45) is 0 Å². The molecule has 0 N–H and O–H groups in total. The summed E-state index contributed by atoms with van der Waals surface area (Å²) in [6.07, 6.45) is 0. The highest BCUT2D eigenvalue weighted by atomic mass is 15.1. The summed E-state index contributed by atoms with van der Waals surface area (Å²) in [5.41, 5.74) is 26.7. The third-order valence-corrected chi connectivity index (χ3v) is 18.1. The summed E-state index contributed by atoms with van der Waals surface area (Å²) in [5, 5.41) is 7.61. The third kappa shape index (κ3) is 6.32. The predicted octanol–water partition coefficient (Wildman–Crippen LogP) is 20.5. The van der Waals surface area contributed by atoms with Gasteiger partial charge in [-0.1, -0.05) is 224 Å². The summed E-state index contributed by atoms with van der Waals surface area (Å²) < 4.78 is 0. The van der Waals surface area contributed by atoms with E-state index in [0.29, 0.717) is 0 Å². The number of rotatable bonds is 6. The lowest BCUT2D eigenvalue weighted by Gasteiger charge is -2.31. The van der Waals surface area contributed by atoms with Gasteiger partial charge in [-0.15, -0.1) is 0 Å². The fraction of sp³-hybridized carbons (Fsp3) is 0.120. The molecule has 0 saturated carbocycles. The van der Waals surface area contributed by atoms with Gasteiger partial charge in [0.05, 0.1) is 0 Å². The van der Waals surface area contributed by atoms with Crippen molar-refractivity contribution in [2.75, 3.05) is 4.90 Å². The second-order valence-corrected chi connectivity index (χ2v) is 23.2. The molecule has 362 valence electrons. The van der Waals surface area contributed by atoms with E-state index in [1.54, 1.807) is 0 Å². The fourth-order valence-electron chi connectivity index (χ4n) is 14.1. The molecule has 0 spiro atoms. The van der Waals surface area contributed by atoms with Gasteiger partial charge >= 0.3 is 0 Å². The molecule has 12 aromatic rings. The van der Waals surface area contributed by atoms with Crippen LogP contribution in [0.3, 0.4) is 0 Å². The number of hydrogen-bond acceptors (Lipinski definition) is 1. The molecule has 0 fully saturated rings. The van der Waals surface area contributed by atoms with Crippen molar-refractivity contribution in [1.82, 2.24) is 0 Å². The Labute approximate surface area is 446 Å². The van der Waals surface area contributed by atoms with Crippen LogP contribution in [0.5, 0.6) is 0 Å². The Morgan fingerprint density at radius 2 is 0.566 bits per heavy atom. The summed E-state index contributed by atoms with van der Waals surface area (Å²) in [7, 11) is 0. The van der Waals surface area contributed by atoms with Crippen LogP contribution in [-0.4, -0.2) is 0 Å². The molecule has 3 aliphatic carbocycles. The number of hydrogen-bond donors (Lipinski definition) is 0. The lowest BCUT2D eigenvalue weighted by molar-refractivity contribution is 0.659. The zero-order chi connectivity index (χ0) is 51.2. The molecule has 3 aliphatic rings. The van der Waals surface area contributed by atoms with Gasteiger partial charge in [0.1, 0.15) is 0 Å². The van der Waals surface area contributed by atoms with Gasteiger partial charge in [0.25, 0.3) is 0 Å². The summed E-state index contributed by atoms with van der Waals surface area (Å²) in [4.78, 5) is 2.53. The van der Waals surface area contributed by atoms with Gasteiger partial charge in [-0.25, -0.2) is 0 Å². The molecule has 0 atom stereocenters. The first kappa shape index (κ1) is 44.7. The number of benzene rings is 12. The van der Waals surface area contributed by atoms with Gasteiger partial charge in [-0.05, 0) is 187 Å². The quantitative estimate of drug-likeness (QED) is 0.150. The lowest BCUT2D eigenvalue weighted by Crippen LogP contribution is -2.19. The Morgan fingerprint density at radius 1 is 0.211 bits per heavy atom. The Kier molecular flexibility index (Phi) is 9.47. The van der Waals surface area contributed by atoms with Crippen molar-refractivity contribution in [3.63, 3.8) is 0 Å². The second kappa shape index (κ2) is 16.1. The Bertz CT molecular complexity index is 4320. The van der Waals surface area contributed by atoms with Crippen LogP contribution in [0.15, 0.2) is 237 Å². The van der Waals surface area contributed by atoms with Gasteiger partial charge in [0.2, 0.25) is 0 Å². The molecule has 0 amide bonds. The van der Waals surface area contributed by atoms with Crippen LogP contribution in [0.1, 0.15) is 74.9 Å². The second-order valence-electron chi connectivity index (χ2n) is 23.2. The smallest absolute Gasteiger partial charge is 0.0465 e. The third-order valence-electron chi connectivity index (χ3n) is 18.1. The van der Waals surface area contributed by atoms with Gasteiger partial charge in [0.15, 0.2) is 0 Å². The average Bonchev–Trinajstić information content (AvgIpc) is 3.96. The van der Waals surface area contributed by atoms with E-state index in [9.17, 15) is 0 Å². The molecule has 0 aliphatic heterocycles. The van der Waals surface area contributed by atoms with Crippen LogP contribution in [0, 0.1) is 0 Å². The van der Waals surface area contributed by atoms with E-state index < -0.39 is 0 Å². The first-order valence-corrected chi connectivity index (χ1v) is 27.1. The molecule has 0 saturated heterocycles. The van der Waals surface area contributed by atoms with E-state index in [-0.39, 0.29) is 16.2 Å². The number of anilines is 3. The monoisotopic (exact) mass is 971 g/mol. The van der Waals surface area contributed by atoms with Gasteiger partial charge < -0.3 is 4.90 Å². The zero-order valence-corrected chi connectivity index (χ0v) is 44.0. The molecule has 1 heteroatoms. The van der Waals surface area contributed by atoms with Crippen LogP contribution in [0.25, 0.3) is 99.1 Å². The topological polar surface area (TPSA) is 3.24 Å². The van der Waals surface area contributed by atoms with Crippen LogP contribution in [0.4, 0.5) is 17.1 Å². The molecular weight excluding hydrogens is 915 g/mol. The van der Waals surface area contributed by atoms with Gasteiger partial charge in [0, 0.05) is 33.3 Å². The molecule has 1 nitrogen and oxygen atoms in total. The van der Waals surface area contributed by atoms with Crippen molar-refractivity contribution in [3.8, 4) is 66.8 Å². The van der Waals surface area contributed by atoms with E-state index >= 15 is 0 Å². The lowest BCUT2D eigenvalue weighted by atomic mass is 9.80. The summed E-state index contributed by atoms with van der Waals surface area (Å²) in [6, 6.07) is 89.6. The van der Waals surface area contributed by atoms with Crippen molar-refractivity contribution >= 4 is 49.4 Å². The number of fused-ring (bicyclic) bond motifs is 14. The molecule has 12 aromatic carbocycles. The first-order chi connectivity index (χ1) is 37.0. The molecule has 0 heterocycles. The average molecular weight is 972 g/mol. The van der Waals surface area contributed by atoms with Crippen molar-refractivity contribution in [2.45, 2.75) is 57.8 Å². The number of nitrogens with zero attached hydrogens (tertiary/aromatic N) is 1. The molecule has 0 radical (unpaired) electrons. The standard InChI is InChI=1S/C75H57N/c1-73(2)67-30-18-16-28-57(67)60-37-33-48(41-70(60)73)76(49-34-38-61-58-29-17-19-31-68(58)74(3,4)71(61)42-49)50-35-39-62-59-36-32-47(40-69(59)75(5,6)72(62)43-50)63-44-65-56-27-15-14-26-55(56)64(45-66(65)54-25-13-12-24-53(54)63)52-23-11-10-22-51(52)46-20-8-7-9-21-46/h7-45H,1-6H3. The Hall–Kier alpha value is -8.78. The van der Waals surface area contributed by atoms with Crippen molar-refractivity contribution in [3.05, 3.63) is 270 Å². The summed E-state index contributed by atoms with van der Waals surface area (Å²) >= 11 is 0. The van der Waals surface area contributed by atoms with Crippen molar-refractivity contribution in [1.29, 1.82) is 0 Å². The largest absolute Gasteiger partial charge is 0.310 e. The maximum Gasteiger partial charge on any atom is 0.0465 e. The highest BCUT2D eigenvalue weighted by molar-refractivity contribution is 6.24. The van der Waals surface area contributed by atoms with Crippen LogP contribution in [0.2, 0.25) is 0 Å². The minimum atomic E-state index is -0.272. The molecule has 0 aromatic heterocycles. The van der Waals surface area contributed by atoms with Crippen LogP contribution >= 0.6 is 0 Å².